The van der Waals surface area contributed by atoms with Crippen molar-refractivity contribution >= 4 is 34.1 Å². The summed E-state index contributed by atoms with van der Waals surface area (Å²) in [6, 6.07) is 6.30. The van der Waals surface area contributed by atoms with Crippen LogP contribution in [0.15, 0.2) is 18.2 Å². The van der Waals surface area contributed by atoms with Gasteiger partial charge in [-0.05, 0) is 37.2 Å². The van der Waals surface area contributed by atoms with Gasteiger partial charge in [0.05, 0.1) is 18.1 Å². The highest BCUT2D eigenvalue weighted by Crippen LogP contribution is 2.29. The maximum atomic E-state index is 11.5. The lowest BCUT2D eigenvalue weighted by molar-refractivity contribution is 0.415. The number of methoxy groups -OCH3 is 1. The number of benzene rings is 1. The van der Waals surface area contributed by atoms with Crippen LogP contribution < -0.4 is 4.74 Å². The number of aromatic amines is 1. The van der Waals surface area contributed by atoms with E-state index in [1.54, 1.807) is 7.11 Å². The van der Waals surface area contributed by atoms with E-state index in [0.29, 0.717) is 6.04 Å². The number of ether oxygens (including phenoxy) is 1. The van der Waals surface area contributed by atoms with Gasteiger partial charge in [-0.1, -0.05) is 0 Å². The van der Waals surface area contributed by atoms with E-state index in [1.807, 2.05) is 18.2 Å². The number of nitrogens with zero attached hydrogens (tertiary/aromatic N) is 1. The first kappa shape index (κ1) is 12.9. The molecule has 6 heteroatoms. The Bertz CT molecular complexity index is 679. The van der Waals surface area contributed by atoms with Gasteiger partial charge in [0.1, 0.15) is 5.75 Å². The van der Waals surface area contributed by atoms with E-state index in [1.165, 1.54) is 0 Å². The summed E-state index contributed by atoms with van der Waals surface area (Å²) in [5.41, 5.74) is 2.10. The molecule has 3 rings (SSSR count). The van der Waals surface area contributed by atoms with E-state index in [2.05, 4.69) is 9.55 Å². The predicted octanol–water partition coefficient (Wildman–Crippen LogP) is 2.79. The summed E-state index contributed by atoms with van der Waals surface area (Å²) in [7, 11) is 1.01. The standard InChI is InChI=1S/C13H16N2O2S2/c1-17-10-2-3-12-11(8-10)14-13(18)15(12)9-4-6-19(16)7-5-9/h2-3,8-9H,4-7H2,1H3,(H,14,18). The molecule has 0 unspecified atom stereocenters. The van der Waals surface area contributed by atoms with Crippen molar-refractivity contribution in [2.45, 2.75) is 18.9 Å². The zero-order chi connectivity index (χ0) is 13.4. The zero-order valence-corrected chi connectivity index (χ0v) is 12.4. The van der Waals surface area contributed by atoms with Gasteiger partial charge in [-0.2, -0.15) is 0 Å². The van der Waals surface area contributed by atoms with Crippen molar-refractivity contribution in [3.8, 4) is 5.75 Å². The summed E-state index contributed by atoms with van der Waals surface area (Å²) in [5.74, 6) is 2.37. The van der Waals surface area contributed by atoms with Crippen LogP contribution in [0.3, 0.4) is 0 Å². The summed E-state index contributed by atoms with van der Waals surface area (Å²) >= 11 is 5.43. The molecule has 2 aromatic rings. The molecule has 1 aliphatic rings. The van der Waals surface area contributed by atoms with Gasteiger partial charge in [0.25, 0.3) is 0 Å². The molecule has 4 nitrogen and oxygen atoms in total. The van der Waals surface area contributed by atoms with Crippen LogP contribution in [0.25, 0.3) is 11.0 Å². The molecule has 102 valence electrons. The quantitative estimate of drug-likeness (QED) is 0.867. The Labute approximate surface area is 119 Å². The molecule has 0 amide bonds. The van der Waals surface area contributed by atoms with E-state index in [-0.39, 0.29) is 0 Å². The van der Waals surface area contributed by atoms with E-state index in [4.69, 9.17) is 17.0 Å². The molecule has 1 aliphatic heterocycles. The molecule has 0 aliphatic carbocycles. The third kappa shape index (κ3) is 2.34. The van der Waals surface area contributed by atoms with Crippen LogP contribution in [0.2, 0.25) is 0 Å². The van der Waals surface area contributed by atoms with Crippen LogP contribution >= 0.6 is 12.2 Å². The first-order valence-electron chi connectivity index (χ1n) is 6.32. The monoisotopic (exact) mass is 296 g/mol. The van der Waals surface area contributed by atoms with Gasteiger partial charge in [-0.3, -0.25) is 4.21 Å². The summed E-state index contributed by atoms with van der Waals surface area (Å²) in [6.07, 6.45) is 1.86. The van der Waals surface area contributed by atoms with Crippen LogP contribution in [-0.4, -0.2) is 32.4 Å². The van der Waals surface area contributed by atoms with Gasteiger partial charge in [0.15, 0.2) is 4.77 Å². The molecule has 1 fully saturated rings. The van der Waals surface area contributed by atoms with Crippen LogP contribution in [-0.2, 0) is 10.8 Å². The summed E-state index contributed by atoms with van der Waals surface area (Å²) < 4.78 is 19.6. The predicted molar refractivity (Wildman–Crippen MR) is 79.8 cm³/mol. The summed E-state index contributed by atoms with van der Waals surface area (Å²) in [5, 5.41) is 0. The first-order chi connectivity index (χ1) is 9.19. The minimum absolute atomic E-state index is 0.354. The second-order valence-electron chi connectivity index (χ2n) is 4.76. The van der Waals surface area contributed by atoms with Gasteiger partial charge in [-0.25, -0.2) is 0 Å². The third-order valence-electron chi connectivity index (χ3n) is 3.65. The number of H-pyrrole nitrogens is 1. The molecule has 1 aromatic carbocycles. The fourth-order valence-corrected chi connectivity index (χ4v) is 4.27. The van der Waals surface area contributed by atoms with Gasteiger partial charge < -0.3 is 14.3 Å². The molecule has 1 N–H and O–H groups in total. The highest BCUT2D eigenvalue weighted by atomic mass is 32.2. The van der Waals surface area contributed by atoms with E-state index in [9.17, 15) is 4.21 Å². The molecule has 0 spiro atoms. The van der Waals surface area contributed by atoms with E-state index in [0.717, 1.165) is 45.9 Å². The Balaban J connectivity index is 2.05. The first-order valence-corrected chi connectivity index (χ1v) is 8.22. The molecule has 2 heterocycles. The minimum atomic E-state index is -0.645. The van der Waals surface area contributed by atoms with Crippen LogP contribution in [0.1, 0.15) is 18.9 Å². The average molecular weight is 296 g/mol. The Morgan fingerprint density at radius 2 is 2.16 bits per heavy atom. The maximum absolute atomic E-state index is 11.5. The summed E-state index contributed by atoms with van der Waals surface area (Å²) in [4.78, 5) is 3.23. The molecule has 19 heavy (non-hydrogen) atoms. The van der Waals surface area contributed by atoms with Crippen molar-refractivity contribution in [3.63, 3.8) is 0 Å². The molecule has 0 radical (unpaired) electrons. The van der Waals surface area contributed by atoms with Crippen molar-refractivity contribution in [3.05, 3.63) is 23.0 Å². The van der Waals surface area contributed by atoms with Crippen LogP contribution in [0.5, 0.6) is 5.75 Å². The number of hydrogen-bond acceptors (Lipinski definition) is 3. The zero-order valence-electron chi connectivity index (χ0n) is 10.7. The average Bonchev–Trinajstić information content (AvgIpc) is 2.74. The van der Waals surface area contributed by atoms with Crippen molar-refractivity contribution in [2.75, 3.05) is 18.6 Å². The molecule has 0 saturated carbocycles. The lowest BCUT2D eigenvalue weighted by atomic mass is 10.1. The van der Waals surface area contributed by atoms with Gasteiger partial charge in [-0.15, -0.1) is 0 Å². The molecule has 0 atom stereocenters. The number of fused-ring (bicyclic) bond motifs is 1. The van der Waals surface area contributed by atoms with E-state index < -0.39 is 10.8 Å². The van der Waals surface area contributed by atoms with Gasteiger partial charge >= 0.3 is 0 Å². The van der Waals surface area contributed by atoms with Crippen molar-refractivity contribution in [2.24, 2.45) is 0 Å². The van der Waals surface area contributed by atoms with Crippen molar-refractivity contribution in [1.29, 1.82) is 0 Å². The lowest BCUT2D eigenvalue weighted by Gasteiger charge is -2.23. The Morgan fingerprint density at radius 3 is 2.84 bits per heavy atom. The fourth-order valence-electron chi connectivity index (χ4n) is 2.64. The summed E-state index contributed by atoms with van der Waals surface area (Å²) in [6.45, 7) is 0. The van der Waals surface area contributed by atoms with Crippen LogP contribution in [0.4, 0.5) is 0 Å². The number of imidazole rings is 1. The van der Waals surface area contributed by atoms with Gasteiger partial charge in [0, 0.05) is 34.4 Å². The van der Waals surface area contributed by atoms with Crippen LogP contribution in [0, 0.1) is 4.77 Å². The molecule has 1 saturated heterocycles. The second kappa shape index (κ2) is 5.09. The maximum Gasteiger partial charge on any atom is 0.178 e. The van der Waals surface area contributed by atoms with Crippen molar-refractivity contribution < 1.29 is 8.95 Å². The van der Waals surface area contributed by atoms with Crippen molar-refractivity contribution in [1.82, 2.24) is 9.55 Å². The normalized spacial score (nSPS) is 23.6. The number of aromatic nitrogens is 2. The third-order valence-corrected chi connectivity index (χ3v) is 5.33. The molecular weight excluding hydrogens is 280 g/mol. The smallest absolute Gasteiger partial charge is 0.178 e. The Morgan fingerprint density at radius 1 is 1.42 bits per heavy atom. The molecule has 1 aromatic heterocycles. The van der Waals surface area contributed by atoms with E-state index >= 15 is 0 Å². The number of rotatable bonds is 2. The minimum Gasteiger partial charge on any atom is -0.497 e. The highest BCUT2D eigenvalue weighted by molar-refractivity contribution is 7.85. The molecule has 0 bridgehead atoms. The topological polar surface area (TPSA) is 47.0 Å². The fraction of sp³-hybridized carbons (Fsp3) is 0.462. The molecular formula is C13H16N2O2S2. The largest absolute Gasteiger partial charge is 0.497 e. The lowest BCUT2D eigenvalue weighted by Crippen LogP contribution is -2.21. The van der Waals surface area contributed by atoms with Gasteiger partial charge in [0.2, 0.25) is 0 Å². The second-order valence-corrected chi connectivity index (χ2v) is 6.85. The SMILES string of the molecule is COc1ccc2c(c1)[nH]c(=S)n2C1CCS(=O)CC1. The highest BCUT2D eigenvalue weighted by Gasteiger charge is 2.21. The Hall–Kier alpha value is -1.14. The number of nitrogens with one attached hydrogen (secondary N) is 1. The number of hydrogen-bond donors (Lipinski definition) is 1. The Kier molecular flexibility index (Phi) is 3.45.